The zero-order chi connectivity index (χ0) is 32.1. The number of para-hydroxylation sites is 1. The number of fused-ring (bicyclic) bond motifs is 13. The van der Waals surface area contributed by atoms with Crippen molar-refractivity contribution in [2.24, 2.45) is 0 Å². The third kappa shape index (κ3) is 3.79. The molecule has 0 atom stereocenters. The summed E-state index contributed by atoms with van der Waals surface area (Å²) >= 11 is 1.75. The molecule has 0 aliphatic carbocycles. The first-order valence-electron chi connectivity index (χ1n) is 16.4. The molecule has 0 radical (unpaired) electrons. The monoisotopic (exact) mass is 643 g/mol. The Hall–Kier alpha value is -6.30. The maximum Gasteiger partial charge on any atom is 0.236 e. The highest BCUT2D eigenvalue weighted by Gasteiger charge is 2.25. The summed E-state index contributed by atoms with van der Waals surface area (Å²) in [5, 5.41) is 7.96. The van der Waals surface area contributed by atoms with Crippen molar-refractivity contribution in [2.75, 3.05) is 0 Å². The summed E-state index contributed by atoms with van der Waals surface area (Å²) in [4.78, 5) is 10.8. The van der Waals surface area contributed by atoms with E-state index < -0.39 is 0 Å². The van der Waals surface area contributed by atoms with Crippen molar-refractivity contribution in [3.63, 3.8) is 0 Å². The zero-order valence-corrected chi connectivity index (χ0v) is 26.9. The average molecular weight is 644 g/mol. The van der Waals surface area contributed by atoms with Crippen LogP contribution in [-0.2, 0) is 0 Å². The standard InChI is InChI=1S/C44H25N3OS/c1-3-13-26(14-4-1)28-23-24-35-33(25-28)38-30-18-8-7-17-29(30)37-31-19-9-11-21-34(31)47(41(37)42(38)48-35)44-45-39(27-15-5-2-6-16-27)43-40(46-44)32-20-10-12-22-36(32)49-43/h1-25H. The van der Waals surface area contributed by atoms with Gasteiger partial charge in [0.1, 0.15) is 11.1 Å². The van der Waals surface area contributed by atoms with Gasteiger partial charge in [-0.3, -0.25) is 4.57 Å². The molecule has 11 rings (SSSR count). The Labute approximate surface area is 284 Å². The molecule has 4 nitrogen and oxygen atoms in total. The van der Waals surface area contributed by atoms with Crippen molar-refractivity contribution in [1.29, 1.82) is 0 Å². The number of benzene rings is 7. The van der Waals surface area contributed by atoms with Gasteiger partial charge in [-0.15, -0.1) is 11.3 Å². The largest absolute Gasteiger partial charge is 0.454 e. The third-order valence-electron chi connectivity index (χ3n) is 9.81. The Morgan fingerprint density at radius 3 is 1.96 bits per heavy atom. The van der Waals surface area contributed by atoms with Crippen molar-refractivity contribution in [2.45, 2.75) is 0 Å². The lowest BCUT2D eigenvalue weighted by Gasteiger charge is -2.11. The van der Waals surface area contributed by atoms with E-state index in [1.165, 1.54) is 21.0 Å². The molecule has 0 saturated carbocycles. The Morgan fingerprint density at radius 2 is 1.16 bits per heavy atom. The van der Waals surface area contributed by atoms with Crippen LogP contribution in [0.25, 0.3) is 103 Å². The number of nitrogens with zero attached hydrogens (tertiary/aromatic N) is 3. The van der Waals surface area contributed by atoms with Crippen LogP contribution < -0.4 is 0 Å². The first kappa shape index (κ1) is 26.7. The van der Waals surface area contributed by atoms with Crippen molar-refractivity contribution in [1.82, 2.24) is 14.5 Å². The maximum absolute atomic E-state index is 6.94. The van der Waals surface area contributed by atoms with Crippen LogP contribution in [0.2, 0.25) is 0 Å². The molecular weight excluding hydrogens is 619 g/mol. The number of rotatable bonds is 3. The fraction of sp³-hybridized carbons (Fsp3) is 0. The van der Waals surface area contributed by atoms with Crippen LogP contribution >= 0.6 is 11.3 Å². The van der Waals surface area contributed by atoms with E-state index in [1.54, 1.807) is 11.3 Å². The van der Waals surface area contributed by atoms with Crippen LogP contribution in [0.15, 0.2) is 156 Å². The molecule has 4 heterocycles. The van der Waals surface area contributed by atoms with Gasteiger partial charge in [0.05, 0.1) is 21.4 Å². The molecule has 0 fully saturated rings. The molecule has 5 heteroatoms. The molecule has 0 aliphatic heterocycles. The molecule has 0 spiro atoms. The van der Waals surface area contributed by atoms with E-state index in [9.17, 15) is 0 Å². The molecule has 0 unspecified atom stereocenters. The van der Waals surface area contributed by atoms with Crippen LogP contribution in [0.3, 0.4) is 0 Å². The highest BCUT2D eigenvalue weighted by Crippen LogP contribution is 2.47. The molecule has 7 aromatic carbocycles. The number of aromatic nitrogens is 3. The van der Waals surface area contributed by atoms with Gasteiger partial charge in [-0.2, -0.15) is 0 Å². The summed E-state index contributed by atoms with van der Waals surface area (Å²) < 4.78 is 11.5. The lowest BCUT2D eigenvalue weighted by molar-refractivity contribution is 0.671. The van der Waals surface area contributed by atoms with Gasteiger partial charge in [-0.25, -0.2) is 9.97 Å². The number of hydrogen-bond donors (Lipinski definition) is 0. The molecule has 228 valence electrons. The first-order valence-corrected chi connectivity index (χ1v) is 17.2. The smallest absolute Gasteiger partial charge is 0.236 e. The van der Waals surface area contributed by atoms with Crippen LogP contribution in [0.1, 0.15) is 0 Å². The predicted molar refractivity (Wildman–Crippen MR) is 205 cm³/mol. The van der Waals surface area contributed by atoms with E-state index in [0.29, 0.717) is 5.95 Å². The van der Waals surface area contributed by atoms with Gasteiger partial charge in [0.25, 0.3) is 0 Å². The number of hydrogen-bond acceptors (Lipinski definition) is 4. The maximum atomic E-state index is 6.94. The first-order chi connectivity index (χ1) is 24.3. The van der Waals surface area contributed by atoms with E-state index in [-0.39, 0.29) is 0 Å². The van der Waals surface area contributed by atoms with E-state index in [0.717, 1.165) is 76.2 Å². The molecular formula is C44H25N3OS. The molecule has 0 amide bonds. The summed E-state index contributed by atoms with van der Waals surface area (Å²) in [6, 6.07) is 53.4. The average Bonchev–Trinajstić information content (AvgIpc) is 3.85. The van der Waals surface area contributed by atoms with Crippen molar-refractivity contribution < 1.29 is 4.42 Å². The quantitative estimate of drug-likeness (QED) is 0.192. The lowest BCUT2D eigenvalue weighted by Crippen LogP contribution is -2.03. The lowest BCUT2D eigenvalue weighted by atomic mass is 9.97. The van der Waals surface area contributed by atoms with Crippen molar-refractivity contribution in [3.05, 3.63) is 152 Å². The SMILES string of the molecule is c1ccc(-c2ccc3oc4c(c3c2)c2ccccc2c2c3ccccc3n(-c3nc(-c5ccccc5)c5sc6ccccc6c5n3)c42)cc1. The molecule has 0 saturated heterocycles. The molecule has 0 N–H and O–H groups in total. The van der Waals surface area contributed by atoms with E-state index in [2.05, 4.69) is 150 Å². The molecule has 4 aromatic heterocycles. The van der Waals surface area contributed by atoms with Gasteiger partial charge < -0.3 is 4.42 Å². The summed E-state index contributed by atoms with van der Waals surface area (Å²) in [6.07, 6.45) is 0. The summed E-state index contributed by atoms with van der Waals surface area (Å²) in [5.41, 5.74) is 9.01. The van der Waals surface area contributed by atoms with Crippen molar-refractivity contribution in [3.8, 4) is 28.3 Å². The number of thiophene rings is 1. The third-order valence-corrected chi connectivity index (χ3v) is 11.0. The van der Waals surface area contributed by atoms with Gasteiger partial charge >= 0.3 is 0 Å². The van der Waals surface area contributed by atoms with Gasteiger partial charge in [-0.1, -0.05) is 127 Å². The van der Waals surface area contributed by atoms with E-state index in [1.807, 2.05) is 6.07 Å². The second-order valence-electron chi connectivity index (χ2n) is 12.5. The van der Waals surface area contributed by atoms with E-state index >= 15 is 0 Å². The van der Waals surface area contributed by atoms with Crippen LogP contribution in [-0.4, -0.2) is 14.5 Å². The Kier molecular flexibility index (Phi) is 5.51. The summed E-state index contributed by atoms with van der Waals surface area (Å²) in [7, 11) is 0. The van der Waals surface area contributed by atoms with Gasteiger partial charge in [0.2, 0.25) is 5.95 Å². The van der Waals surface area contributed by atoms with Gasteiger partial charge in [0.15, 0.2) is 5.58 Å². The zero-order valence-electron chi connectivity index (χ0n) is 26.1. The minimum atomic E-state index is 0.628. The summed E-state index contributed by atoms with van der Waals surface area (Å²) in [6.45, 7) is 0. The minimum Gasteiger partial charge on any atom is -0.454 e. The normalized spacial score (nSPS) is 12.1. The van der Waals surface area contributed by atoms with Gasteiger partial charge in [0, 0.05) is 37.2 Å². The highest BCUT2D eigenvalue weighted by atomic mass is 32.1. The molecule has 11 aromatic rings. The number of furan rings is 1. The summed E-state index contributed by atoms with van der Waals surface area (Å²) in [5.74, 6) is 0.628. The molecule has 0 bridgehead atoms. The van der Waals surface area contributed by atoms with E-state index in [4.69, 9.17) is 14.4 Å². The van der Waals surface area contributed by atoms with Crippen LogP contribution in [0.4, 0.5) is 0 Å². The Bertz CT molecular complexity index is 3100. The van der Waals surface area contributed by atoms with Gasteiger partial charge in [-0.05, 0) is 46.2 Å². The second kappa shape index (κ2) is 10.1. The fourth-order valence-corrected chi connectivity index (χ4v) is 8.82. The Morgan fingerprint density at radius 1 is 0.510 bits per heavy atom. The molecule has 49 heavy (non-hydrogen) atoms. The highest BCUT2D eigenvalue weighted by molar-refractivity contribution is 7.26. The fourth-order valence-electron chi connectivity index (χ4n) is 7.67. The minimum absolute atomic E-state index is 0.628. The predicted octanol–water partition coefficient (Wildman–Crippen LogP) is 12.3. The van der Waals surface area contributed by atoms with Crippen molar-refractivity contribution >= 4 is 86.2 Å². The van der Waals surface area contributed by atoms with Crippen LogP contribution in [0, 0.1) is 0 Å². The second-order valence-corrected chi connectivity index (χ2v) is 13.6. The Balaban J connectivity index is 1.34. The topological polar surface area (TPSA) is 43.9 Å². The van der Waals surface area contributed by atoms with Crippen LogP contribution in [0.5, 0.6) is 0 Å². The molecule has 0 aliphatic rings.